The maximum atomic E-state index is 14.2. The summed E-state index contributed by atoms with van der Waals surface area (Å²) in [5.41, 5.74) is 12.3. The summed E-state index contributed by atoms with van der Waals surface area (Å²) in [5, 5.41) is 6.28. The van der Waals surface area contributed by atoms with Gasteiger partial charge in [0.1, 0.15) is 0 Å². The number of amides is 1. The number of alkyl halides is 2. The molecule has 1 saturated heterocycles. The predicted octanol–water partition coefficient (Wildman–Crippen LogP) is 2.71. The minimum Gasteiger partial charge on any atom is -0.404 e. The molecule has 194 valence electrons. The number of hydrogen-bond donors (Lipinski definition) is 5. The molecule has 0 bridgehead atoms. The molecule has 1 aliphatic heterocycles. The molecule has 35 heavy (non-hydrogen) atoms. The molecule has 8 nitrogen and oxygen atoms in total. The maximum absolute atomic E-state index is 14.2. The fourth-order valence-corrected chi connectivity index (χ4v) is 4.42. The number of halogens is 3. The molecule has 0 spiro atoms. The quantitative estimate of drug-likeness (QED) is 0.0693. The van der Waals surface area contributed by atoms with Gasteiger partial charge in [-0.2, -0.15) is 0 Å². The first-order valence-electron chi connectivity index (χ1n) is 11.6. The van der Waals surface area contributed by atoms with Crippen LogP contribution in [0.15, 0.2) is 29.0 Å². The normalized spacial score (nSPS) is 16.6. The van der Waals surface area contributed by atoms with E-state index in [1.165, 1.54) is 18.5 Å². The van der Waals surface area contributed by atoms with Crippen LogP contribution in [0, 0.1) is 0 Å². The highest BCUT2D eigenvalue weighted by molar-refractivity contribution is 6.13. The van der Waals surface area contributed by atoms with E-state index in [2.05, 4.69) is 21.1 Å². The molecule has 11 heteroatoms. The van der Waals surface area contributed by atoms with Crippen LogP contribution in [0.1, 0.15) is 54.9 Å². The van der Waals surface area contributed by atoms with Crippen LogP contribution in [0.5, 0.6) is 0 Å². The minimum absolute atomic E-state index is 0.124. The Labute approximate surface area is 210 Å². The number of piperidine rings is 1. The van der Waals surface area contributed by atoms with Crippen molar-refractivity contribution in [2.75, 3.05) is 33.2 Å². The summed E-state index contributed by atoms with van der Waals surface area (Å²) >= 11 is 6.11. The molecule has 0 radical (unpaired) electrons. The lowest BCUT2D eigenvalue weighted by atomic mass is 9.89. The highest BCUT2D eigenvalue weighted by Crippen LogP contribution is 2.34. The first-order chi connectivity index (χ1) is 16.9. The van der Waals surface area contributed by atoms with Crippen molar-refractivity contribution in [2.45, 2.75) is 45.1 Å². The Morgan fingerprint density at radius 1 is 1.29 bits per heavy atom. The van der Waals surface area contributed by atoms with E-state index in [1.54, 1.807) is 17.5 Å². The number of aliphatic imine (C=N–C) groups is 1. The third-order valence-electron chi connectivity index (χ3n) is 6.09. The average Bonchev–Trinajstić information content (AvgIpc) is 2.85. The van der Waals surface area contributed by atoms with Gasteiger partial charge in [0.15, 0.2) is 0 Å². The second-order valence-electron chi connectivity index (χ2n) is 8.36. The molecule has 0 unspecified atom stereocenters. The Hall–Kier alpha value is -2.53. The predicted molar refractivity (Wildman–Crippen MR) is 139 cm³/mol. The molecule has 1 fully saturated rings. The summed E-state index contributed by atoms with van der Waals surface area (Å²) in [6.07, 6.45) is 3.45. The van der Waals surface area contributed by atoms with Crippen molar-refractivity contribution >= 4 is 35.5 Å². The minimum atomic E-state index is -2.71. The number of nitrogens with one attached hydrogen (secondary N) is 3. The van der Waals surface area contributed by atoms with Gasteiger partial charge in [0.25, 0.3) is 6.43 Å². The Bertz CT molecular complexity index is 929. The third kappa shape index (κ3) is 8.28. The Morgan fingerprint density at radius 2 is 2.00 bits per heavy atom. The highest BCUT2D eigenvalue weighted by Gasteiger charge is 2.23. The van der Waals surface area contributed by atoms with Gasteiger partial charge in [-0.3, -0.25) is 21.1 Å². The molecule has 0 saturated carbocycles. The van der Waals surface area contributed by atoms with Gasteiger partial charge in [0, 0.05) is 74.9 Å². The molecule has 1 aliphatic rings. The molecule has 1 amide bonds. The monoisotopic (exact) mass is 511 g/mol. The van der Waals surface area contributed by atoms with E-state index >= 15 is 0 Å². The third-order valence-corrected chi connectivity index (χ3v) is 6.42. The molecule has 2 rings (SSSR count). The van der Waals surface area contributed by atoms with Gasteiger partial charge >= 0.3 is 0 Å². The second-order valence-corrected chi connectivity index (χ2v) is 8.84. The van der Waals surface area contributed by atoms with Gasteiger partial charge in [-0.15, -0.1) is 0 Å². The zero-order valence-electron chi connectivity index (χ0n) is 20.3. The number of carbonyl (C=O) groups excluding carboxylic acids is 1. The Balaban J connectivity index is 2.62. The zero-order valence-corrected chi connectivity index (χ0v) is 21.0. The number of hydrazine groups is 1. The smallest absolute Gasteiger partial charge is 0.264 e. The number of nitrogens with two attached hydrogens (primary N) is 2. The van der Waals surface area contributed by atoms with E-state index < -0.39 is 6.43 Å². The molecular weight excluding hydrogens is 476 g/mol. The highest BCUT2D eigenvalue weighted by atomic mass is 35.5. The summed E-state index contributed by atoms with van der Waals surface area (Å²) in [6.45, 7) is 4.30. The summed E-state index contributed by atoms with van der Waals surface area (Å²) < 4.78 is 30.2. The molecular formula is C24H36ClF2N7O. The van der Waals surface area contributed by atoms with Crippen molar-refractivity contribution in [3.05, 3.63) is 46.3 Å². The lowest BCUT2D eigenvalue weighted by Gasteiger charge is -2.30. The van der Waals surface area contributed by atoms with Crippen LogP contribution >= 0.6 is 11.8 Å². The van der Waals surface area contributed by atoms with Crippen LogP contribution in [-0.2, 0) is 11.2 Å². The topological polar surface area (TPSA) is 121 Å². The van der Waals surface area contributed by atoms with Gasteiger partial charge in [0.2, 0.25) is 6.41 Å². The zero-order chi connectivity index (χ0) is 25.8. The second kappa shape index (κ2) is 14.8. The van der Waals surface area contributed by atoms with Crippen molar-refractivity contribution in [1.82, 2.24) is 20.5 Å². The Morgan fingerprint density at radius 3 is 2.57 bits per heavy atom. The molecule has 0 aromatic heterocycles. The van der Waals surface area contributed by atoms with Crippen LogP contribution in [0.4, 0.5) is 8.78 Å². The molecule has 0 atom stereocenters. The summed E-state index contributed by atoms with van der Waals surface area (Å²) in [7, 11) is 1.56. The van der Waals surface area contributed by atoms with Crippen molar-refractivity contribution in [3.63, 3.8) is 0 Å². The van der Waals surface area contributed by atoms with Crippen molar-refractivity contribution in [1.29, 1.82) is 0 Å². The number of allylic oxidation sites excluding steroid dienone is 2. The standard InChI is InChI=1S/C24H36ClF2N7O/c1-16(23(4-7-31-15-35)33-19-5-9-34(25)10-6-19)20-12-22(24(26)27)21(18(13-28)14-30-2)11-17(20)3-8-32-29/h11-15,19,24,32-33H,3-10,28-29H2,1-2H3,(H,31,35)/b18-13?,23-16-,30-14?. The molecule has 1 aromatic rings. The van der Waals surface area contributed by atoms with Crippen LogP contribution in [0.2, 0.25) is 0 Å². The van der Waals surface area contributed by atoms with Gasteiger partial charge < -0.3 is 16.4 Å². The van der Waals surface area contributed by atoms with Crippen molar-refractivity contribution in [3.8, 4) is 0 Å². The van der Waals surface area contributed by atoms with E-state index in [4.69, 9.17) is 23.4 Å². The largest absolute Gasteiger partial charge is 0.404 e. The fraction of sp³-hybridized carbons (Fsp3) is 0.500. The van der Waals surface area contributed by atoms with Crippen molar-refractivity contribution in [2.24, 2.45) is 16.6 Å². The number of rotatable bonds is 13. The number of carbonyl (C=O) groups is 1. The fourth-order valence-electron chi connectivity index (χ4n) is 4.22. The molecule has 0 aliphatic carbocycles. The summed E-state index contributed by atoms with van der Waals surface area (Å²) in [6, 6.07) is 3.47. The Kier molecular flexibility index (Phi) is 12.1. The summed E-state index contributed by atoms with van der Waals surface area (Å²) in [5.74, 6) is 5.53. The first kappa shape index (κ1) is 28.7. The van der Waals surface area contributed by atoms with E-state index in [9.17, 15) is 13.6 Å². The number of nitrogens with zero attached hydrogens (tertiary/aromatic N) is 2. The van der Waals surface area contributed by atoms with E-state index in [-0.39, 0.29) is 11.6 Å². The van der Waals surface area contributed by atoms with Gasteiger partial charge in [-0.05, 0) is 72.4 Å². The SMILES string of the molecule is CN=CC(=CN)c1cc(CCNN)c(/C(C)=C(/CCNC=O)NC2CCN(Cl)CC2)cc1C(F)F. The van der Waals surface area contributed by atoms with Crippen LogP contribution in [0.25, 0.3) is 11.1 Å². The van der Waals surface area contributed by atoms with Crippen molar-refractivity contribution < 1.29 is 13.6 Å². The average molecular weight is 512 g/mol. The molecule has 1 heterocycles. The van der Waals surface area contributed by atoms with Crippen LogP contribution in [-0.4, -0.2) is 56.3 Å². The molecule has 1 aromatic carbocycles. The maximum Gasteiger partial charge on any atom is 0.264 e. The lowest BCUT2D eigenvalue weighted by molar-refractivity contribution is -0.109. The van der Waals surface area contributed by atoms with Gasteiger partial charge in [-0.25, -0.2) is 13.2 Å². The van der Waals surface area contributed by atoms with Gasteiger partial charge in [0.05, 0.1) is 0 Å². The van der Waals surface area contributed by atoms with Crippen LogP contribution < -0.4 is 27.6 Å². The summed E-state index contributed by atoms with van der Waals surface area (Å²) in [4.78, 5) is 14.8. The van der Waals surface area contributed by atoms with Gasteiger partial charge in [-0.1, -0.05) is 0 Å². The van der Waals surface area contributed by atoms with Crippen LogP contribution in [0.3, 0.4) is 0 Å². The van der Waals surface area contributed by atoms with E-state index in [1.807, 2.05) is 6.92 Å². The molecule has 7 N–H and O–H groups in total. The van der Waals surface area contributed by atoms with E-state index in [0.717, 1.165) is 42.8 Å². The van der Waals surface area contributed by atoms with E-state index in [0.29, 0.717) is 49.0 Å². The lowest BCUT2D eigenvalue weighted by Crippen LogP contribution is -2.39. The number of hydrogen-bond acceptors (Lipinski definition) is 7. The number of benzene rings is 1. The first-order valence-corrected chi connectivity index (χ1v) is 12.0.